The van der Waals surface area contributed by atoms with Gasteiger partial charge in [0.25, 0.3) is 0 Å². The van der Waals surface area contributed by atoms with Crippen LogP contribution in [-0.4, -0.2) is 28.8 Å². The lowest BCUT2D eigenvalue weighted by atomic mass is 10.1. The van der Waals surface area contributed by atoms with E-state index in [0.29, 0.717) is 6.54 Å². The minimum absolute atomic E-state index is 0.576. The van der Waals surface area contributed by atoms with Crippen molar-refractivity contribution in [2.45, 2.75) is 18.9 Å². The van der Waals surface area contributed by atoms with Gasteiger partial charge in [0, 0.05) is 18.5 Å². The lowest BCUT2D eigenvalue weighted by Crippen LogP contribution is -2.29. The summed E-state index contributed by atoms with van der Waals surface area (Å²) in [5.74, 6) is 0.960. The molecule has 2 heterocycles. The van der Waals surface area contributed by atoms with E-state index in [2.05, 4.69) is 22.0 Å². The van der Waals surface area contributed by atoms with Crippen LogP contribution in [0, 0.1) is 0 Å². The van der Waals surface area contributed by atoms with Gasteiger partial charge in [-0.25, -0.2) is 4.98 Å². The highest BCUT2D eigenvalue weighted by Gasteiger charge is 2.31. The van der Waals surface area contributed by atoms with Gasteiger partial charge in [0.15, 0.2) is 0 Å². The second-order valence-corrected chi connectivity index (χ2v) is 5.03. The monoisotopic (exact) mass is 228 g/mol. The number of aliphatic hydroxyl groups is 1. The Kier molecular flexibility index (Phi) is 2.30. The number of benzene rings is 1. The molecular formula is C14H16N2O. The molecule has 1 saturated heterocycles. The highest BCUT2D eigenvalue weighted by atomic mass is 16.3. The van der Waals surface area contributed by atoms with Gasteiger partial charge in [-0.15, -0.1) is 0 Å². The van der Waals surface area contributed by atoms with Crippen molar-refractivity contribution in [3.8, 4) is 0 Å². The number of hydrogen-bond donors (Lipinski definition) is 1. The van der Waals surface area contributed by atoms with Crippen LogP contribution < -0.4 is 4.90 Å². The SMILES string of the molecule is CC1(O)CCN(c2ccc3ccccc3n2)C1. The quantitative estimate of drug-likeness (QED) is 0.813. The summed E-state index contributed by atoms with van der Waals surface area (Å²) >= 11 is 0. The summed E-state index contributed by atoms with van der Waals surface area (Å²) < 4.78 is 0. The number of anilines is 1. The number of para-hydroxylation sites is 1. The van der Waals surface area contributed by atoms with Gasteiger partial charge in [-0.2, -0.15) is 0 Å². The summed E-state index contributed by atoms with van der Waals surface area (Å²) in [5.41, 5.74) is 0.435. The summed E-state index contributed by atoms with van der Waals surface area (Å²) in [6, 6.07) is 12.2. The fraction of sp³-hybridized carbons (Fsp3) is 0.357. The van der Waals surface area contributed by atoms with Crippen molar-refractivity contribution in [1.82, 2.24) is 4.98 Å². The zero-order chi connectivity index (χ0) is 11.9. The van der Waals surface area contributed by atoms with Crippen LogP contribution in [0.4, 0.5) is 5.82 Å². The zero-order valence-electron chi connectivity index (χ0n) is 9.93. The molecule has 3 nitrogen and oxygen atoms in total. The molecule has 0 aliphatic carbocycles. The average molecular weight is 228 g/mol. The normalized spacial score (nSPS) is 24.5. The standard InChI is InChI=1S/C14H16N2O/c1-14(17)8-9-16(10-14)13-7-6-11-4-2-3-5-12(11)15-13/h2-7,17H,8-10H2,1H3. The molecule has 1 unspecified atom stereocenters. The largest absolute Gasteiger partial charge is 0.388 e. The van der Waals surface area contributed by atoms with Crippen LogP contribution in [0.15, 0.2) is 36.4 Å². The van der Waals surface area contributed by atoms with Crippen LogP contribution in [0.1, 0.15) is 13.3 Å². The minimum Gasteiger partial charge on any atom is -0.388 e. The van der Waals surface area contributed by atoms with Crippen LogP contribution in [0.3, 0.4) is 0 Å². The first-order valence-electron chi connectivity index (χ1n) is 5.97. The van der Waals surface area contributed by atoms with Gasteiger partial charge in [-0.05, 0) is 31.5 Å². The molecule has 17 heavy (non-hydrogen) atoms. The van der Waals surface area contributed by atoms with Crippen molar-refractivity contribution in [2.75, 3.05) is 18.0 Å². The molecule has 1 aliphatic heterocycles. The molecule has 3 heteroatoms. The first-order chi connectivity index (χ1) is 8.14. The van der Waals surface area contributed by atoms with Crippen LogP contribution in [-0.2, 0) is 0 Å². The van der Waals surface area contributed by atoms with Gasteiger partial charge in [-0.1, -0.05) is 18.2 Å². The summed E-state index contributed by atoms with van der Waals surface area (Å²) in [4.78, 5) is 6.78. The third-order valence-electron chi connectivity index (χ3n) is 3.36. The fourth-order valence-electron chi connectivity index (χ4n) is 2.37. The van der Waals surface area contributed by atoms with E-state index in [-0.39, 0.29) is 0 Å². The van der Waals surface area contributed by atoms with Crippen molar-refractivity contribution in [3.05, 3.63) is 36.4 Å². The van der Waals surface area contributed by atoms with E-state index in [1.54, 1.807) is 0 Å². The highest BCUT2D eigenvalue weighted by molar-refractivity contribution is 5.80. The van der Waals surface area contributed by atoms with Crippen molar-refractivity contribution < 1.29 is 5.11 Å². The molecule has 1 N–H and O–H groups in total. The molecule has 1 aromatic heterocycles. The third-order valence-corrected chi connectivity index (χ3v) is 3.36. The molecule has 1 aromatic carbocycles. The van der Waals surface area contributed by atoms with Gasteiger partial charge in [0.1, 0.15) is 5.82 Å². The lowest BCUT2D eigenvalue weighted by molar-refractivity contribution is 0.0839. The Morgan fingerprint density at radius 1 is 1.24 bits per heavy atom. The molecule has 1 atom stereocenters. The molecular weight excluding hydrogens is 212 g/mol. The van der Waals surface area contributed by atoms with E-state index in [4.69, 9.17) is 0 Å². The molecule has 0 bridgehead atoms. The third kappa shape index (κ3) is 1.98. The molecule has 0 radical (unpaired) electrons. The maximum atomic E-state index is 9.97. The van der Waals surface area contributed by atoms with Crippen LogP contribution >= 0.6 is 0 Å². The summed E-state index contributed by atoms with van der Waals surface area (Å²) in [5, 5.41) is 11.1. The topological polar surface area (TPSA) is 36.4 Å². The second-order valence-electron chi connectivity index (χ2n) is 5.03. The smallest absolute Gasteiger partial charge is 0.129 e. The maximum Gasteiger partial charge on any atom is 0.129 e. The maximum absolute atomic E-state index is 9.97. The summed E-state index contributed by atoms with van der Waals surface area (Å²) in [6.07, 6.45) is 0.807. The first kappa shape index (κ1) is 10.5. The number of aromatic nitrogens is 1. The molecule has 0 saturated carbocycles. The zero-order valence-corrected chi connectivity index (χ0v) is 9.93. The van der Waals surface area contributed by atoms with Crippen LogP contribution in [0.5, 0.6) is 0 Å². The number of pyridine rings is 1. The van der Waals surface area contributed by atoms with E-state index in [1.807, 2.05) is 31.2 Å². The molecule has 0 amide bonds. The number of hydrogen-bond acceptors (Lipinski definition) is 3. The minimum atomic E-state index is -0.576. The van der Waals surface area contributed by atoms with Gasteiger partial charge >= 0.3 is 0 Å². The number of nitrogens with zero attached hydrogens (tertiary/aromatic N) is 2. The summed E-state index contributed by atoms with van der Waals surface area (Å²) in [7, 11) is 0. The van der Waals surface area contributed by atoms with Gasteiger partial charge < -0.3 is 10.0 Å². The van der Waals surface area contributed by atoms with Crippen molar-refractivity contribution >= 4 is 16.7 Å². The van der Waals surface area contributed by atoms with Crippen LogP contribution in [0.2, 0.25) is 0 Å². The Hall–Kier alpha value is -1.61. The highest BCUT2D eigenvalue weighted by Crippen LogP contribution is 2.26. The van der Waals surface area contributed by atoms with Crippen molar-refractivity contribution in [1.29, 1.82) is 0 Å². The first-order valence-corrected chi connectivity index (χ1v) is 5.97. The second kappa shape index (κ2) is 3.70. The van der Waals surface area contributed by atoms with Gasteiger partial charge in [0.05, 0.1) is 11.1 Å². The van der Waals surface area contributed by atoms with Crippen LogP contribution in [0.25, 0.3) is 10.9 Å². The molecule has 0 spiro atoms. The average Bonchev–Trinajstić information content (AvgIpc) is 2.69. The lowest BCUT2D eigenvalue weighted by Gasteiger charge is -2.20. The van der Waals surface area contributed by atoms with Crippen molar-refractivity contribution in [3.63, 3.8) is 0 Å². The molecule has 3 rings (SSSR count). The summed E-state index contributed by atoms with van der Waals surface area (Å²) in [6.45, 7) is 3.42. The van der Waals surface area contributed by atoms with E-state index < -0.39 is 5.60 Å². The Balaban J connectivity index is 1.96. The Morgan fingerprint density at radius 3 is 2.82 bits per heavy atom. The number of β-amino-alcohol motifs (C(OH)–C–C–N with tert-alkyl or cyclic N) is 1. The number of rotatable bonds is 1. The molecule has 88 valence electrons. The Labute approximate surface area is 101 Å². The predicted octanol–water partition coefficient (Wildman–Crippen LogP) is 2.20. The molecule has 1 fully saturated rings. The molecule has 1 aliphatic rings. The van der Waals surface area contributed by atoms with E-state index in [0.717, 1.165) is 29.7 Å². The van der Waals surface area contributed by atoms with Gasteiger partial charge in [0.2, 0.25) is 0 Å². The van der Waals surface area contributed by atoms with Crippen molar-refractivity contribution in [2.24, 2.45) is 0 Å². The predicted molar refractivity (Wildman–Crippen MR) is 69.2 cm³/mol. The number of fused-ring (bicyclic) bond motifs is 1. The van der Waals surface area contributed by atoms with E-state index in [9.17, 15) is 5.11 Å². The Morgan fingerprint density at radius 2 is 2.06 bits per heavy atom. The molecule has 2 aromatic rings. The van der Waals surface area contributed by atoms with Gasteiger partial charge in [-0.3, -0.25) is 0 Å². The van der Waals surface area contributed by atoms with E-state index in [1.165, 1.54) is 0 Å². The van der Waals surface area contributed by atoms with E-state index >= 15 is 0 Å². The Bertz CT molecular complexity index is 551. The fourth-order valence-corrected chi connectivity index (χ4v) is 2.37.